The van der Waals surface area contributed by atoms with E-state index in [0.717, 1.165) is 12.3 Å². The summed E-state index contributed by atoms with van der Waals surface area (Å²) >= 11 is 0. The van der Waals surface area contributed by atoms with E-state index in [2.05, 4.69) is 62.1 Å². The van der Waals surface area contributed by atoms with Gasteiger partial charge in [-0.25, -0.2) is 0 Å². The molecule has 0 N–H and O–H groups in total. The van der Waals surface area contributed by atoms with E-state index >= 15 is 0 Å². The Labute approximate surface area is 112 Å². The second-order valence-corrected chi connectivity index (χ2v) is 5.40. The minimum Gasteiger partial charge on any atom is -0.292 e. The summed E-state index contributed by atoms with van der Waals surface area (Å²) in [7, 11) is 0. The zero-order valence-electron chi connectivity index (χ0n) is 11.9. The standard InChI is InChI=1S/C17H25N/c1-4-9-14(3)17(16-10-7-6-8-11-16)18-12-15(5-2)13-18/h6-11,15,17H,4-5,12-13H2,1-3H3/b14-9+. The van der Waals surface area contributed by atoms with Crippen LogP contribution in [0.4, 0.5) is 0 Å². The van der Waals surface area contributed by atoms with Crippen molar-refractivity contribution in [2.24, 2.45) is 5.92 Å². The fraction of sp³-hybridized carbons (Fsp3) is 0.529. The molecule has 0 aliphatic carbocycles. The van der Waals surface area contributed by atoms with Gasteiger partial charge in [0, 0.05) is 13.1 Å². The highest BCUT2D eigenvalue weighted by atomic mass is 15.2. The van der Waals surface area contributed by atoms with Crippen LogP contribution in [-0.4, -0.2) is 18.0 Å². The second kappa shape index (κ2) is 6.19. The molecule has 0 radical (unpaired) electrons. The van der Waals surface area contributed by atoms with Crippen molar-refractivity contribution < 1.29 is 0 Å². The van der Waals surface area contributed by atoms with E-state index in [4.69, 9.17) is 0 Å². The molecule has 1 heterocycles. The molecule has 1 unspecified atom stereocenters. The Kier molecular flexibility index (Phi) is 4.60. The lowest BCUT2D eigenvalue weighted by atomic mass is 9.89. The van der Waals surface area contributed by atoms with Crippen molar-refractivity contribution in [3.8, 4) is 0 Å². The molecule has 0 spiro atoms. The Morgan fingerprint density at radius 3 is 2.50 bits per heavy atom. The van der Waals surface area contributed by atoms with Crippen LogP contribution in [-0.2, 0) is 0 Å². The highest BCUT2D eigenvalue weighted by molar-refractivity contribution is 5.28. The highest BCUT2D eigenvalue weighted by Crippen LogP contribution is 2.35. The third kappa shape index (κ3) is 2.84. The smallest absolute Gasteiger partial charge is 0.0558 e. The highest BCUT2D eigenvalue weighted by Gasteiger charge is 2.32. The van der Waals surface area contributed by atoms with E-state index in [1.54, 1.807) is 0 Å². The van der Waals surface area contributed by atoms with Crippen molar-refractivity contribution in [2.45, 2.75) is 39.7 Å². The van der Waals surface area contributed by atoms with Crippen molar-refractivity contribution in [2.75, 3.05) is 13.1 Å². The van der Waals surface area contributed by atoms with Gasteiger partial charge in [-0.3, -0.25) is 4.90 Å². The van der Waals surface area contributed by atoms with E-state index in [-0.39, 0.29) is 0 Å². The van der Waals surface area contributed by atoms with E-state index in [9.17, 15) is 0 Å². The largest absolute Gasteiger partial charge is 0.292 e. The first kappa shape index (κ1) is 13.4. The summed E-state index contributed by atoms with van der Waals surface area (Å²) in [6.45, 7) is 9.31. The minimum atomic E-state index is 0.494. The lowest BCUT2D eigenvalue weighted by Crippen LogP contribution is -2.48. The third-order valence-corrected chi connectivity index (χ3v) is 4.00. The van der Waals surface area contributed by atoms with Crippen LogP contribution in [0.3, 0.4) is 0 Å². The number of nitrogens with zero attached hydrogens (tertiary/aromatic N) is 1. The maximum absolute atomic E-state index is 2.62. The van der Waals surface area contributed by atoms with Crippen molar-refractivity contribution >= 4 is 0 Å². The quantitative estimate of drug-likeness (QED) is 0.692. The Morgan fingerprint density at radius 1 is 1.28 bits per heavy atom. The minimum absolute atomic E-state index is 0.494. The summed E-state index contributed by atoms with van der Waals surface area (Å²) in [6.07, 6.45) is 4.81. The number of benzene rings is 1. The van der Waals surface area contributed by atoms with Crippen LogP contribution in [0, 0.1) is 5.92 Å². The zero-order chi connectivity index (χ0) is 13.0. The average molecular weight is 243 g/mol. The van der Waals surface area contributed by atoms with Gasteiger partial charge in [0.05, 0.1) is 6.04 Å². The van der Waals surface area contributed by atoms with Crippen LogP contribution in [0.1, 0.15) is 45.2 Å². The Morgan fingerprint density at radius 2 is 1.94 bits per heavy atom. The summed E-state index contributed by atoms with van der Waals surface area (Å²) in [4.78, 5) is 2.62. The molecule has 1 aromatic carbocycles. The van der Waals surface area contributed by atoms with Gasteiger partial charge in [-0.2, -0.15) is 0 Å². The fourth-order valence-electron chi connectivity index (χ4n) is 2.91. The number of likely N-dealkylation sites (tertiary alicyclic amines) is 1. The van der Waals surface area contributed by atoms with Crippen molar-refractivity contribution in [1.82, 2.24) is 4.90 Å². The van der Waals surface area contributed by atoms with Crippen molar-refractivity contribution in [3.05, 3.63) is 47.5 Å². The van der Waals surface area contributed by atoms with Gasteiger partial charge in [-0.1, -0.05) is 62.2 Å². The molecular weight excluding hydrogens is 218 g/mol. The van der Waals surface area contributed by atoms with Gasteiger partial charge < -0.3 is 0 Å². The first-order valence-electron chi connectivity index (χ1n) is 7.21. The van der Waals surface area contributed by atoms with Gasteiger partial charge in [0.25, 0.3) is 0 Å². The molecule has 1 fully saturated rings. The van der Waals surface area contributed by atoms with Gasteiger partial charge in [-0.05, 0) is 24.8 Å². The SMILES string of the molecule is CC/C=C(\C)C(c1ccccc1)N1CC(CC)C1. The molecule has 0 saturated carbocycles. The van der Waals surface area contributed by atoms with Crippen LogP contribution in [0.5, 0.6) is 0 Å². The van der Waals surface area contributed by atoms with Crippen LogP contribution < -0.4 is 0 Å². The molecule has 1 aromatic rings. The summed E-state index contributed by atoms with van der Waals surface area (Å²) < 4.78 is 0. The van der Waals surface area contributed by atoms with Gasteiger partial charge >= 0.3 is 0 Å². The lowest BCUT2D eigenvalue weighted by molar-refractivity contribution is 0.0647. The normalized spacial score (nSPS) is 19.6. The van der Waals surface area contributed by atoms with Crippen LogP contribution in [0.25, 0.3) is 0 Å². The van der Waals surface area contributed by atoms with Crippen LogP contribution >= 0.6 is 0 Å². The van der Waals surface area contributed by atoms with E-state index < -0.39 is 0 Å². The molecule has 1 aliphatic rings. The van der Waals surface area contributed by atoms with Gasteiger partial charge in [0.15, 0.2) is 0 Å². The summed E-state index contributed by atoms with van der Waals surface area (Å²) in [6, 6.07) is 11.4. The van der Waals surface area contributed by atoms with Gasteiger partial charge in [0.1, 0.15) is 0 Å². The molecule has 1 saturated heterocycles. The summed E-state index contributed by atoms with van der Waals surface area (Å²) in [5, 5.41) is 0. The zero-order valence-corrected chi connectivity index (χ0v) is 11.9. The molecule has 0 amide bonds. The number of hydrogen-bond acceptors (Lipinski definition) is 1. The summed E-state index contributed by atoms with van der Waals surface area (Å²) in [5.41, 5.74) is 2.94. The molecule has 1 aliphatic heterocycles. The van der Waals surface area contributed by atoms with Crippen LogP contribution in [0.2, 0.25) is 0 Å². The molecule has 2 rings (SSSR count). The maximum Gasteiger partial charge on any atom is 0.0558 e. The van der Waals surface area contributed by atoms with Crippen molar-refractivity contribution in [1.29, 1.82) is 0 Å². The molecule has 1 atom stereocenters. The second-order valence-electron chi connectivity index (χ2n) is 5.40. The number of allylic oxidation sites excluding steroid dienone is 1. The van der Waals surface area contributed by atoms with E-state index in [1.807, 2.05) is 0 Å². The lowest BCUT2D eigenvalue weighted by Gasteiger charge is -2.45. The monoisotopic (exact) mass is 243 g/mol. The third-order valence-electron chi connectivity index (χ3n) is 4.00. The number of rotatable bonds is 5. The number of hydrogen-bond donors (Lipinski definition) is 0. The topological polar surface area (TPSA) is 3.24 Å². The van der Waals surface area contributed by atoms with E-state index in [1.165, 1.54) is 30.6 Å². The first-order chi connectivity index (χ1) is 8.76. The maximum atomic E-state index is 2.62. The predicted octanol–water partition coefficient (Wildman–Crippen LogP) is 4.43. The molecule has 0 aromatic heterocycles. The molecule has 1 nitrogen and oxygen atoms in total. The first-order valence-corrected chi connectivity index (χ1v) is 7.21. The van der Waals surface area contributed by atoms with Gasteiger partial charge in [0.2, 0.25) is 0 Å². The Balaban J connectivity index is 2.17. The molecule has 0 bridgehead atoms. The molecule has 1 heteroatoms. The molecule has 18 heavy (non-hydrogen) atoms. The Hall–Kier alpha value is -1.08. The van der Waals surface area contributed by atoms with E-state index in [0.29, 0.717) is 6.04 Å². The van der Waals surface area contributed by atoms with Crippen LogP contribution in [0.15, 0.2) is 42.0 Å². The fourth-order valence-corrected chi connectivity index (χ4v) is 2.91. The molecular formula is C17H25N. The Bertz CT molecular complexity index is 387. The molecule has 98 valence electrons. The van der Waals surface area contributed by atoms with Crippen molar-refractivity contribution in [3.63, 3.8) is 0 Å². The predicted molar refractivity (Wildman–Crippen MR) is 78.6 cm³/mol. The van der Waals surface area contributed by atoms with Gasteiger partial charge in [-0.15, -0.1) is 0 Å². The summed E-state index contributed by atoms with van der Waals surface area (Å²) in [5.74, 6) is 0.908. The average Bonchev–Trinajstić information content (AvgIpc) is 2.34.